The molecule has 0 aromatic heterocycles. The van der Waals surface area contributed by atoms with Crippen molar-refractivity contribution in [2.24, 2.45) is 0 Å². The lowest BCUT2D eigenvalue weighted by molar-refractivity contribution is -0.870. The van der Waals surface area contributed by atoms with Crippen LogP contribution in [0.3, 0.4) is 0 Å². The minimum atomic E-state index is -4.63. The molecule has 108 heavy (non-hydrogen) atoms. The van der Waals surface area contributed by atoms with Crippen LogP contribution >= 0.6 is 15.6 Å². The summed E-state index contributed by atoms with van der Waals surface area (Å²) in [6, 6.07) is 0. The molecule has 0 saturated heterocycles. The van der Waals surface area contributed by atoms with Gasteiger partial charge in [-0.2, -0.15) is 0 Å². The molecule has 0 aliphatic rings. The number of ether oxygens (including phenoxy) is 4. The van der Waals surface area contributed by atoms with Crippen molar-refractivity contribution in [2.45, 2.75) is 348 Å². The van der Waals surface area contributed by atoms with E-state index in [1.807, 2.05) is 42.3 Å². The lowest BCUT2D eigenvalue weighted by Crippen LogP contribution is -2.37. The van der Waals surface area contributed by atoms with Crippen molar-refractivity contribution >= 4 is 39.5 Å². The second-order valence-electron chi connectivity index (χ2n) is 30.7. The lowest BCUT2D eigenvalue weighted by atomic mass is 10.1. The van der Waals surface area contributed by atoms with Gasteiger partial charge in [-0.3, -0.25) is 28.3 Å². The van der Waals surface area contributed by atoms with Gasteiger partial charge in [0.05, 0.1) is 55.5 Å². The maximum atomic E-state index is 12.6. The van der Waals surface area contributed by atoms with Gasteiger partial charge >= 0.3 is 23.9 Å². The molecular weight excluding hydrogens is 1400 g/mol. The largest absolute Gasteiger partial charge is 0.756 e. The van der Waals surface area contributed by atoms with Crippen LogP contribution in [0.4, 0.5) is 0 Å². The van der Waals surface area contributed by atoms with Crippen LogP contribution in [0.15, 0.2) is 97.2 Å². The Morgan fingerprint density at radius 1 is 0.287 bits per heavy atom. The van der Waals surface area contributed by atoms with Crippen LogP contribution in [0.1, 0.15) is 336 Å². The fourth-order valence-corrected chi connectivity index (χ4v) is 12.3. The molecule has 0 rings (SSSR count). The Hall–Kier alpha value is -4.06. The SMILES string of the molecule is CCCCC/C=C\C/C=C\CCCCCCCC(=O)OC[C@H](COP(=O)([O-])OCC[N+](C)(C)C)OC(=O)CCCCCCC/C=C\C/C=C\CCCCC.CCCCC/C=C\C/C=C\CCCCCCCC(=O)OC[C@H](COP(=O)([O-])OCC[N+](C)(C)C)OC(=O)CCCCCCC/C=C\C/C=C\CCCCC. The molecule has 0 N–H and O–H groups in total. The number of nitrogens with zero attached hydrogens (tertiary/aromatic N) is 2. The van der Waals surface area contributed by atoms with Gasteiger partial charge in [0.1, 0.15) is 39.5 Å². The Morgan fingerprint density at radius 2 is 0.500 bits per heavy atom. The molecular formula is C88H160N2O16P2. The van der Waals surface area contributed by atoms with E-state index >= 15 is 0 Å². The average molecular weight is 1560 g/mol. The minimum absolute atomic E-state index is 0.0376. The van der Waals surface area contributed by atoms with Crippen molar-refractivity contribution in [3.05, 3.63) is 97.2 Å². The summed E-state index contributed by atoms with van der Waals surface area (Å²) >= 11 is 0. The molecule has 2 unspecified atom stereocenters. The standard InChI is InChI=1S/2C44H80NO8P/c2*1-6-8-10-12-14-16-18-20-22-24-26-28-30-32-34-36-43(46)50-40-42(41-52-54(48,49)51-39-38-45(3,4)5)53-44(47)37-35-33-31-29-27-25-23-21-19-17-15-13-11-9-7-2/h2*14-17,20-23,42H,6-13,18-19,24-41H2,1-5H3/b2*16-14-,17-15-,22-20-,23-21-/t2*42-/m11/s1. The smallest absolute Gasteiger partial charge is 0.306 e. The number of hydrogen-bond donors (Lipinski definition) is 0. The highest BCUT2D eigenvalue weighted by Gasteiger charge is 2.24. The van der Waals surface area contributed by atoms with Gasteiger partial charge in [0.25, 0.3) is 15.6 Å². The number of hydrogen-bond acceptors (Lipinski definition) is 16. The number of likely N-dealkylation sites (N-methyl/N-ethyl adjacent to an activating group) is 2. The Kier molecular flexibility index (Phi) is 75.5. The number of phosphoric acid groups is 2. The Labute approximate surface area is 660 Å². The molecule has 20 heteroatoms. The molecule has 0 aromatic carbocycles. The van der Waals surface area contributed by atoms with Crippen LogP contribution in [0, 0.1) is 0 Å². The first kappa shape index (κ1) is 106. The van der Waals surface area contributed by atoms with E-state index in [0.717, 1.165) is 154 Å². The van der Waals surface area contributed by atoms with E-state index in [2.05, 4.69) is 125 Å². The number of carbonyl (C=O) groups is 4. The fraction of sp³-hybridized carbons (Fsp3) is 0.773. The van der Waals surface area contributed by atoms with Gasteiger partial charge in [-0.05, 0) is 154 Å². The normalized spacial score (nSPS) is 14.1. The van der Waals surface area contributed by atoms with Gasteiger partial charge in [-0.1, -0.05) is 253 Å². The molecule has 0 aromatic rings. The minimum Gasteiger partial charge on any atom is -0.756 e. The zero-order valence-electron chi connectivity index (χ0n) is 70.3. The van der Waals surface area contributed by atoms with E-state index < -0.39 is 64.9 Å². The highest BCUT2D eigenvalue weighted by molar-refractivity contribution is 7.46. The van der Waals surface area contributed by atoms with Crippen LogP contribution in [-0.4, -0.2) is 140 Å². The quantitative estimate of drug-likeness (QED) is 0.0138. The summed E-state index contributed by atoms with van der Waals surface area (Å²) in [4.78, 5) is 74.9. The van der Waals surface area contributed by atoms with Gasteiger partial charge in [-0.25, -0.2) is 0 Å². The van der Waals surface area contributed by atoms with Crippen molar-refractivity contribution in [1.82, 2.24) is 0 Å². The Balaban J connectivity index is 0. The average Bonchev–Trinajstić information content (AvgIpc) is 0.907. The van der Waals surface area contributed by atoms with Crippen molar-refractivity contribution in [1.29, 1.82) is 0 Å². The van der Waals surface area contributed by atoms with Gasteiger partial charge in [0, 0.05) is 25.7 Å². The highest BCUT2D eigenvalue weighted by Crippen LogP contribution is 2.39. The third-order valence-corrected chi connectivity index (χ3v) is 19.6. The number of unbranched alkanes of at least 4 members (excludes halogenated alkanes) is 32. The van der Waals surface area contributed by atoms with Gasteiger partial charge < -0.3 is 55.8 Å². The molecule has 0 heterocycles. The summed E-state index contributed by atoms with van der Waals surface area (Å²) in [6.07, 6.45) is 82.6. The molecule has 0 aliphatic carbocycles. The monoisotopic (exact) mass is 1560 g/mol. The second kappa shape index (κ2) is 76.9. The first-order valence-electron chi connectivity index (χ1n) is 42.7. The molecule has 18 nitrogen and oxygen atoms in total. The molecule has 0 amide bonds. The maximum Gasteiger partial charge on any atom is 0.306 e. The van der Waals surface area contributed by atoms with Crippen LogP contribution in [0.5, 0.6) is 0 Å². The van der Waals surface area contributed by atoms with Crippen molar-refractivity contribution in [2.75, 3.05) is 95.0 Å². The van der Waals surface area contributed by atoms with Crippen LogP contribution in [0.2, 0.25) is 0 Å². The van der Waals surface area contributed by atoms with E-state index in [-0.39, 0.29) is 52.1 Å². The number of carbonyl (C=O) groups excluding carboxylic acids is 4. The summed E-state index contributed by atoms with van der Waals surface area (Å²) in [6.45, 7) is 8.25. The van der Waals surface area contributed by atoms with E-state index in [0.29, 0.717) is 47.7 Å². The number of quaternary nitrogens is 2. The summed E-state index contributed by atoms with van der Waals surface area (Å²) in [5, 5.41) is 0. The number of phosphoric ester groups is 2. The van der Waals surface area contributed by atoms with Crippen LogP contribution in [-0.2, 0) is 65.4 Å². The summed E-state index contributed by atoms with van der Waals surface area (Å²) in [5.74, 6) is -1.74. The molecule has 628 valence electrons. The third kappa shape index (κ3) is 85.9. The lowest BCUT2D eigenvalue weighted by Gasteiger charge is -2.28. The molecule has 0 fully saturated rings. The summed E-state index contributed by atoms with van der Waals surface area (Å²) in [5.41, 5.74) is 0. The summed E-state index contributed by atoms with van der Waals surface area (Å²) < 4.78 is 67.7. The third-order valence-electron chi connectivity index (χ3n) is 17.6. The number of allylic oxidation sites excluding steroid dienone is 16. The fourth-order valence-electron chi connectivity index (χ4n) is 10.8. The van der Waals surface area contributed by atoms with Gasteiger partial charge in [0.2, 0.25) is 0 Å². The predicted molar refractivity (Wildman–Crippen MR) is 444 cm³/mol. The van der Waals surface area contributed by atoms with Crippen LogP contribution < -0.4 is 9.79 Å². The van der Waals surface area contributed by atoms with Crippen molar-refractivity contribution in [3.63, 3.8) is 0 Å². The molecule has 0 aliphatic heterocycles. The topological polar surface area (TPSA) is 222 Å². The zero-order valence-corrected chi connectivity index (χ0v) is 72.1. The molecule has 0 saturated carbocycles. The first-order chi connectivity index (χ1) is 52.0. The molecule has 4 atom stereocenters. The van der Waals surface area contributed by atoms with Crippen LogP contribution in [0.25, 0.3) is 0 Å². The van der Waals surface area contributed by atoms with Crippen molar-refractivity contribution < 1.29 is 84.1 Å². The van der Waals surface area contributed by atoms with E-state index in [1.165, 1.54) is 103 Å². The number of rotatable bonds is 76. The first-order valence-corrected chi connectivity index (χ1v) is 45.6. The molecule has 0 radical (unpaired) electrons. The zero-order chi connectivity index (χ0) is 80.0. The van der Waals surface area contributed by atoms with E-state index in [1.54, 1.807) is 0 Å². The summed E-state index contributed by atoms with van der Waals surface area (Å²) in [7, 11) is 2.28. The van der Waals surface area contributed by atoms with Gasteiger partial charge in [0.15, 0.2) is 12.2 Å². The number of esters is 4. The second-order valence-corrected chi connectivity index (χ2v) is 33.5. The van der Waals surface area contributed by atoms with Gasteiger partial charge in [-0.15, -0.1) is 0 Å². The Bertz CT molecular complexity index is 2300. The van der Waals surface area contributed by atoms with E-state index in [4.69, 9.17) is 37.0 Å². The molecule has 0 bridgehead atoms. The molecule has 0 spiro atoms. The maximum absolute atomic E-state index is 12.6. The van der Waals surface area contributed by atoms with E-state index in [9.17, 15) is 38.1 Å². The Morgan fingerprint density at radius 3 is 0.731 bits per heavy atom. The highest BCUT2D eigenvalue weighted by atomic mass is 31.2. The predicted octanol–water partition coefficient (Wildman–Crippen LogP) is 22.6. The van der Waals surface area contributed by atoms with Crippen molar-refractivity contribution in [3.8, 4) is 0 Å².